The van der Waals surface area contributed by atoms with E-state index in [0.717, 1.165) is 25.7 Å². The Morgan fingerprint density at radius 1 is 1.04 bits per heavy atom. The molecule has 1 aliphatic rings. The lowest BCUT2D eigenvalue weighted by Gasteiger charge is -2.22. The standard InChI is InChI=1S/C19H24Cl2N2O4/c20-14-8-4-9-15(19(14)21)23-17(25)12-27-18(26)11-5-10-16(24)22-13-6-2-1-3-7-13/h4,8-9,13H,1-3,5-7,10-12H2,(H,22,24)(H,23,25). The Hall–Kier alpha value is -1.79. The molecule has 27 heavy (non-hydrogen) atoms. The van der Waals surface area contributed by atoms with Crippen molar-refractivity contribution in [1.29, 1.82) is 0 Å². The van der Waals surface area contributed by atoms with Gasteiger partial charge in [-0.1, -0.05) is 48.5 Å². The lowest BCUT2D eigenvalue weighted by atomic mass is 9.95. The fraction of sp³-hybridized carbons (Fsp3) is 0.526. The summed E-state index contributed by atoms with van der Waals surface area (Å²) < 4.78 is 4.92. The normalized spacial score (nSPS) is 14.4. The largest absolute Gasteiger partial charge is 0.456 e. The monoisotopic (exact) mass is 414 g/mol. The molecule has 8 heteroatoms. The van der Waals surface area contributed by atoms with Crippen molar-refractivity contribution in [2.75, 3.05) is 11.9 Å². The summed E-state index contributed by atoms with van der Waals surface area (Å²) in [7, 11) is 0. The van der Waals surface area contributed by atoms with E-state index in [1.54, 1.807) is 18.2 Å². The number of hydrogen-bond donors (Lipinski definition) is 2. The first-order chi connectivity index (χ1) is 13.0. The highest BCUT2D eigenvalue weighted by Crippen LogP contribution is 2.29. The van der Waals surface area contributed by atoms with Gasteiger partial charge in [0.15, 0.2) is 6.61 Å². The second-order valence-electron chi connectivity index (χ2n) is 6.57. The van der Waals surface area contributed by atoms with Gasteiger partial charge in [-0.25, -0.2) is 0 Å². The maximum Gasteiger partial charge on any atom is 0.306 e. The molecule has 1 fully saturated rings. The number of ether oxygens (including phenoxy) is 1. The third-order valence-corrected chi connectivity index (χ3v) is 5.16. The van der Waals surface area contributed by atoms with E-state index in [1.807, 2.05) is 0 Å². The van der Waals surface area contributed by atoms with E-state index < -0.39 is 18.5 Å². The number of anilines is 1. The van der Waals surface area contributed by atoms with Gasteiger partial charge in [0.05, 0.1) is 15.7 Å². The van der Waals surface area contributed by atoms with Crippen molar-refractivity contribution >= 4 is 46.7 Å². The predicted molar refractivity (Wildman–Crippen MR) is 105 cm³/mol. The molecule has 0 bridgehead atoms. The van der Waals surface area contributed by atoms with Crippen molar-refractivity contribution in [3.8, 4) is 0 Å². The van der Waals surface area contributed by atoms with E-state index in [0.29, 0.717) is 17.1 Å². The van der Waals surface area contributed by atoms with Gasteiger partial charge in [-0.2, -0.15) is 0 Å². The van der Waals surface area contributed by atoms with Gasteiger partial charge in [-0.3, -0.25) is 14.4 Å². The van der Waals surface area contributed by atoms with Gasteiger partial charge in [0, 0.05) is 18.9 Å². The molecular formula is C19H24Cl2N2O4. The SMILES string of the molecule is O=C(COC(=O)CCCC(=O)NC1CCCCC1)Nc1cccc(Cl)c1Cl. The number of nitrogens with one attached hydrogen (secondary N) is 2. The number of carbonyl (C=O) groups is 3. The Labute approximate surface area is 168 Å². The molecule has 2 amide bonds. The summed E-state index contributed by atoms with van der Waals surface area (Å²) in [5.74, 6) is -1.07. The Bertz CT molecular complexity index is 676. The minimum absolute atomic E-state index is 0.0389. The Morgan fingerprint density at radius 3 is 2.52 bits per heavy atom. The molecule has 6 nitrogen and oxygen atoms in total. The molecule has 0 aromatic heterocycles. The summed E-state index contributed by atoms with van der Waals surface area (Å²) in [6.45, 7) is -0.421. The van der Waals surface area contributed by atoms with E-state index in [2.05, 4.69) is 10.6 Å². The van der Waals surface area contributed by atoms with Crippen LogP contribution in [0.25, 0.3) is 0 Å². The first-order valence-corrected chi connectivity index (χ1v) is 9.90. The highest BCUT2D eigenvalue weighted by molar-refractivity contribution is 6.44. The van der Waals surface area contributed by atoms with E-state index in [1.165, 1.54) is 6.42 Å². The molecule has 1 saturated carbocycles. The Balaban J connectivity index is 1.60. The number of benzene rings is 1. The zero-order valence-electron chi connectivity index (χ0n) is 15.1. The maximum atomic E-state index is 11.9. The third kappa shape index (κ3) is 7.77. The molecule has 0 spiro atoms. The molecule has 0 heterocycles. The van der Waals surface area contributed by atoms with Crippen molar-refractivity contribution < 1.29 is 19.1 Å². The summed E-state index contributed by atoms with van der Waals surface area (Å²) in [5, 5.41) is 6.07. The van der Waals surface area contributed by atoms with Crippen molar-refractivity contribution in [3.05, 3.63) is 28.2 Å². The van der Waals surface area contributed by atoms with E-state index in [4.69, 9.17) is 27.9 Å². The molecule has 1 aliphatic carbocycles. The first-order valence-electron chi connectivity index (χ1n) is 9.14. The molecule has 1 aromatic carbocycles. The van der Waals surface area contributed by atoms with Crippen LogP contribution in [-0.4, -0.2) is 30.4 Å². The number of esters is 1. The van der Waals surface area contributed by atoms with Crippen molar-refractivity contribution in [2.45, 2.75) is 57.4 Å². The van der Waals surface area contributed by atoms with Crippen LogP contribution in [0.15, 0.2) is 18.2 Å². The zero-order valence-corrected chi connectivity index (χ0v) is 16.6. The molecular weight excluding hydrogens is 391 g/mol. The smallest absolute Gasteiger partial charge is 0.306 e. The molecule has 148 valence electrons. The van der Waals surface area contributed by atoms with Gasteiger partial charge < -0.3 is 15.4 Å². The Morgan fingerprint density at radius 2 is 1.78 bits per heavy atom. The quantitative estimate of drug-likeness (QED) is 0.627. The second kappa shape index (κ2) is 11.1. The Kier molecular flexibility index (Phi) is 8.88. The van der Waals surface area contributed by atoms with Crippen LogP contribution in [0.4, 0.5) is 5.69 Å². The van der Waals surface area contributed by atoms with Crippen molar-refractivity contribution in [1.82, 2.24) is 5.32 Å². The lowest BCUT2D eigenvalue weighted by Crippen LogP contribution is -2.36. The van der Waals surface area contributed by atoms with Crippen LogP contribution in [0.1, 0.15) is 51.4 Å². The predicted octanol–water partition coefficient (Wildman–Crippen LogP) is 4.09. The lowest BCUT2D eigenvalue weighted by molar-refractivity contribution is -0.147. The minimum Gasteiger partial charge on any atom is -0.456 e. The van der Waals surface area contributed by atoms with E-state index in [9.17, 15) is 14.4 Å². The van der Waals surface area contributed by atoms with Gasteiger partial charge in [-0.05, 0) is 31.4 Å². The molecule has 0 unspecified atom stereocenters. The van der Waals surface area contributed by atoms with Crippen LogP contribution >= 0.6 is 23.2 Å². The fourth-order valence-corrected chi connectivity index (χ4v) is 3.29. The summed E-state index contributed by atoms with van der Waals surface area (Å²) >= 11 is 11.8. The van der Waals surface area contributed by atoms with Crippen LogP contribution < -0.4 is 10.6 Å². The minimum atomic E-state index is -0.521. The zero-order chi connectivity index (χ0) is 19.6. The van der Waals surface area contributed by atoms with Gasteiger partial charge in [0.1, 0.15) is 0 Å². The molecule has 0 aliphatic heterocycles. The van der Waals surface area contributed by atoms with Crippen molar-refractivity contribution in [3.63, 3.8) is 0 Å². The molecule has 0 radical (unpaired) electrons. The summed E-state index contributed by atoms with van der Waals surface area (Å²) in [6, 6.07) is 5.11. The molecule has 2 N–H and O–H groups in total. The number of halogens is 2. The average molecular weight is 415 g/mol. The number of hydrogen-bond acceptors (Lipinski definition) is 4. The highest BCUT2D eigenvalue weighted by atomic mass is 35.5. The van der Waals surface area contributed by atoms with Crippen LogP contribution in [0.5, 0.6) is 0 Å². The van der Waals surface area contributed by atoms with Gasteiger partial charge in [-0.15, -0.1) is 0 Å². The van der Waals surface area contributed by atoms with E-state index >= 15 is 0 Å². The molecule has 0 atom stereocenters. The van der Waals surface area contributed by atoms with Crippen LogP contribution in [0.2, 0.25) is 10.0 Å². The maximum absolute atomic E-state index is 11.9. The first kappa shape index (κ1) is 21.5. The molecule has 1 aromatic rings. The average Bonchev–Trinajstić information content (AvgIpc) is 2.64. The van der Waals surface area contributed by atoms with Gasteiger partial charge in [0.25, 0.3) is 5.91 Å². The fourth-order valence-electron chi connectivity index (χ4n) is 2.94. The molecule has 2 rings (SSSR count). The van der Waals surface area contributed by atoms with E-state index in [-0.39, 0.29) is 29.8 Å². The van der Waals surface area contributed by atoms with Gasteiger partial charge in [0.2, 0.25) is 5.91 Å². The van der Waals surface area contributed by atoms with Crippen LogP contribution in [0, 0.1) is 0 Å². The second-order valence-corrected chi connectivity index (χ2v) is 7.35. The van der Waals surface area contributed by atoms with Crippen LogP contribution in [0.3, 0.4) is 0 Å². The van der Waals surface area contributed by atoms with Gasteiger partial charge >= 0.3 is 5.97 Å². The summed E-state index contributed by atoms with van der Waals surface area (Å²) in [5.41, 5.74) is 0.351. The van der Waals surface area contributed by atoms with Crippen molar-refractivity contribution in [2.24, 2.45) is 0 Å². The summed E-state index contributed by atoms with van der Waals surface area (Å²) in [6.07, 6.45) is 6.34. The highest BCUT2D eigenvalue weighted by Gasteiger charge is 2.16. The number of amides is 2. The number of rotatable bonds is 8. The third-order valence-electron chi connectivity index (χ3n) is 4.34. The molecule has 0 saturated heterocycles. The summed E-state index contributed by atoms with van der Waals surface area (Å²) in [4.78, 5) is 35.4. The number of carbonyl (C=O) groups excluding carboxylic acids is 3. The topological polar surface area (TPSA) is 84.5 Å². The van der Waals surface area contributed by atoms with Crippen LogP contribution in [-0.2, 0) is 19.1 Å².